The molecule has 3 N–H and O–H groups in total. The van der Waals surface area contributed by atoms with Gasteiger partial charge in [-0.25, -0.2) is 0 Å². The van der Waals surface area contributed by atoms with Gasteiger partial charge in [0.2, 0.25) is 0 Å². The largest absolute Gasteiger partial charge is 0.395 e. The summed E-state index contributed by atoms with van der Waals surface area (Å²) in [5, 5.41) is 29.5. The van der Waals surface area contributed by atoms with Crippen molar-refractivity contribution >= 4 is 5.91 Å². The normalized spacial score (nSPS) is 15.2. The van der Waals surface area contributed by atoms with Crippen molar-refractivity contribution in [2.24, 2.45) is 0 Å². The standard InChI is InChI=1S/C11H17N3O3/c12-7-9(8-13-10-1-2-10)11(17)14(3-5-15)4-6-16/h8,10,13,15-16H,1-6H2/b9-8-. The van der Waals surface area contributed by atoms with Crippen molar-refractivity contribution in [1.29, 1.82) is 5.26 Å². The molecule has 1 amide bonds. The van der Waals surface area contributed by atoms with E-state index >= 15 is 0 Å². The predicted molar refractivity (Wildman–Crippen MR) is 60.6 cm³/mol. The second-order valence-electron chi connectivity index (χ2n) is 3.85. The number of carbonyl (C=O) groups excluding carboxylic acids is 1. The zero-order chi connectivity index (χ0) is 12.7. The zero-order valence-corrected chi connectivity index (χ0v) is 9.59. The van der Waals surface area contributed by atoms with Gasteiger partial charge in [-0.3, -0.25) is 4.79 Å². The van der Waals surface area contributed by atoms with Crippen LogP contribution < -0.4 is 5.32 Å². The van der Waals surface area contributed by atoms with Crippen LogP contribution in [0.25, 0.3) is 0 Å². The highest BCUT2D eigenvalue weighted by atomic mass is 16.3. The summed E-state index contributed by atoms with van der Waals surface area (Å²) >= 11 is 0. The van der Waals surface area contributed by atoms with Gasteiger partial charge in [-0.15, -0.1) is 0 Å². The van der Waals surface area contributed by atoms with Gasteiger partial charge in [0, 0.05) is 25.3 Å². The molecule has 0 atom stereocenters. The number of aliphatic hydroxyl groups excluding tert-OH is 2. The number of nitrogens with zero attached hydrogens (tertiary/aromatic N) is 2. The fraction of sp³-hybridized carbons (Fsp3) is 0.636. The molecule has 1 rings (SSSR count). The molecule has 1 fully saturated rings. The first-order valence-electron chi connectivity index (χ1n) is 5.60. The molecule has 0 aromatic rings. The van der Waals surface area contributed by atoms with Crippen LogP contribution in [0.5, 0.6) is 0 Å². The summed E-state index contributed by atoms with van der Waals surface area (Å²) in [6.07, 6.45) is 3.53. The van der Waals surface area contributed by atoms with Gasteiger partial charge in [0.05, 0.1) is 13.2 Å². The number of carbonyl (C=O) groups is 1. The van der Waals surface area contributed by atoms with E-state index in [1.807, 2.05) is 6.07 Å². The van der Waals surface area contributed by atoms with Gasteiger partial charge in [0.1, 0.15) is 11.6 Å². The van der Waals surface area contributed by atoms with E-state index in [-0.39, 0.29) is 31.9 Å². The maximum Gasteiger partial charge on any atom is 0.266 e. The Bertz CT molecular complexity index is 325. The first-order chi connectivity index (χ1) is 8.22. The molecule has 6 nitrogen and oxygen atoms in total. The molecule has 0 aromatic carbocycles. The molecule has 0 spiro atoms. The molecule has 0 bridgehead atoms. The molecule has 0 heterocycles. The van der Waals surface area contributed by atoms with E-state index in [1.165, 1.54) is 11.1 Å². The van der Waals surface area contributed by atoms with Gasteiger partial charge in [-0.2, -0.15) is 5.26 Å². The molecule has 0 saturated heterocycles. The second-order valence-corrected chi connectivity index (χ2v) is 3.85. The van der Waals surface area contributed by atoms with Crippen molar-refractivity contribution in [3.05, 3.63) is 11.8 Å². The number of nitrogens with one attached hydrogen (secondary N) is 1. The Kier molecular flexibility index (Phi) is 5.46. The zero-order valence-electron chi connectivity index (χ0n) is 9.59. The SMILES string of the molecule is N#C/C(=C/NC1CC1)C(=O)N(CCO)CCO. The van der Waals surface area contributed by atoms with Crippen molar-refractivity contribution in [3.8, 4) is 6.07 Å². The average Bonchev–Trinajstić information content (AvgIpc) is 3.13. The quantitative estimate of drug-likeness (QED) is 0.389. The fourth-order valence-electron chi connectivity index (χ4n) is 1.32. The topological polar surface area (TPSA) is 96.6 Å². The van der Waals surface area contributed by atoms with Crippen molar-refractivity contribution in [2.75, 3.05) is 26.3 Å². The van der Waals surface area contributed by atoms with E-state index in [1.54, 1.807) is 0 Å². The Morgan fingerprint density at radius 1 is 1.41 bits per heavy atom. The Labute approximate surface area is 100 Å². The average molecular weight is 239 g/mol. The molecule has 0 aromatic heterocycles. The summed E-state index contributed by atoms with van der Waals surface area (Å²) in [5.41, 5.74) is -0.00111. The van der Waals surface area contributed by atoms with Crippen LogP contribution in [-0.2, 0) is 4.79 Å². The Hall–Kier alpha value is -1.58. The van der Waals surface area contributed by atoms with Crippen LogP contribution in [0.1, 0.15) is 12.8 Å². The van der Waals surface area contributed by atoms with Crippen molar-refractivity contribution < 1.29 is 15.0 Å². The number of nitriles is 1. The number of rotatable bonds is 7. The molecular formula is C11H17N3O3. The number of hydrogen-bond donors (Lipinski definition) is 3. The first kappa shape index (κ1) is 13.5. The Morgan fingerprint density at radius 3 is 2.41 bits per heavy atom. The van der Waals surface area contributed by atoms with E-state index in [2.05, 4.69) is 5.32 Å². The molecule has 6 heteroatoms. The monoisotopic (exact) mass is 239 g/mol. The molecule has 17 heavy (non-hydrogen) atoms. The highest BCUT2D eigenvalue weighted by molar-refractivity contribution is 5.97. The maximum absolute atomic E-state index is 11.9. The van der Waals surface area contributed by atoms with E-state index in [9.17, 15) is 4.79 Å². The third-order valence-corrected chi connectivity index (χ3v) is 2.42. The first-order valence-corrected chi connectivity index (χ1v) is 5.60. The molecule has 1 aliphatic carbocycles. The van der Waals surface area contributed by atoms with Crippen molar-refractivity contribution in [2.45, 2.75) is 18.9 Å². The molecular weight excluding hydrogens is 222 g/mol. The lowest BCUT2D eigenvalue weighted by Gasteiger charge is -2.19. The summed E-state index contributed by atoms with van der Waals surface area (Å²) in [7, 11) is 0. The van der Waals surface area contributed by atoms with Crippen LogP contribution in [0.3, 0.4) is 0 Å². The summed E-state index contributed by atoms with van der Waals surface area (Å²) in [6.45, 7) is -0.162. The Morgan fingerprint density at radius 2 is 2.00 bits per heavy atom. The van der Waals surface area contributed by atoms with Gasteiger partial charge in [-0.05, 0) is 12.8 Å². The smallest absolute Gasteiger partial charge is 0.266 e. The summed E-state index contributed by atoms with van der Waals surface area (Å²) in [6, 6.07) is 2.20. The molecule has 94 valence electrons. The van der Waals surface area contributed by atoms with Crippen LogP contribution in [0.15, 0.2) is 11.8 Å². The molecule has 1 aliphatic rings. The fourth-order valence-corrected chi connectivity index (χ4v) is 1.32. The minimum Gasteiger partial charge on any atom is -0.395 e. The van der Waals surface area contributed by atoms with Crippen molar-refractivity contribution in [3.63, 3.8) is 0 Å². The van der Waals surface area contributed by atoms with Crippen molar-refractivity contribution in [1.82, 2.24) is 10.2 Å². The van der Waals surface area contributed by atoms with Crippen LogP contribution in [0.2, 0.25) is 0 Å². The van der Waals surface area contributed by atoms with Gasteiger partial charge < -0.3 is 20.4 Å². The summed E-state index contributed by atoms with van der Waals surface area (Å²) in [4.78, 5) is 13.1. The van der Waals surface area contributed by atoms with E-state index in [4.69, 9.17) is 15.5 Å². The summed E-state index contributed by atoms with van der Waals surface area (Å²) in [5.74, 6) is -0.469. The third kappa shape index (κ3) is 4.43. The maximum atomic E-state index is 11.9. The Balaban J connectivity index is 2.60. The lowest BCUT2D eigenvalue weighted by Crippen LogP contribution is -2.37. The third-order valence-electron chi connectivity index (χ3n) is 2.42. The van der Waals surface area contributed by atoms with Gasteiger partial charge in [-0.1, -0.05) is 0 Å². The highest BCUT2D eigenvalue weighted by Gasteiger charge is 2.21. The van der Waals surface area contributed by atoms with Gasteiger partial charge in [0.25, 0.3) is 5.91 Å². The molecule has 1 saturated carbocycles. The van der Waals surface area contributed by atoms with E-state index < -0.39 is 5.91 Å². The minimum absolute atomic E-state index is 0.00111. The predicted octanol–water partition coefficient (Wildman–Crippen LogP) is -1.04. The lowest BCUT2D eigenvalue weighted by atomic mass is 10.2. The van der Waals surface area contributed by atoms with Gasteiger partial charge in [0.15, 0.2) is 0 Å². The summed E-state index contributed by atoms with van der Waals surface area (Å²) < 4.78 is 0. The molecule has 0 unspecified atom stereocenters. The van der Waals surface area contributed by atoms with Crippen LogP contribution in [0.4, 0.5) is 0 Å². The van der Waals surface area contributed by atoms with E-state index in [0.717, 1.165) is 12.8 Å². The molecule has 0 aliphatic heterocycles. The number of amides is 1. The minimum atomic E-state index is -0.469. The van der Waals surface area contributed by atoms with Crippen LogP contribution >= 0.6 is 0 Å². The van der Waals surface area contributed by atoms with Gasteiger partial charge >= 0.3 is 0 Å². The van der Waals surface area contributed by atoms with Crippen LogP contribution in [0, 0.1) is 11.3 Å². The second kappa shape index (κ2) is 6.89. The van der Waals surface area contributed by atoms with E-state index in [0.29, 0.717) is 6.04 Å². The highest BCUT2D eigenvalue weighted by Crippen LogP contribution is 2.18. The number of aliphatic hydroxyl groups is 2. The van der Waals surface area contributed by atoms with Crippen LogP contribution in [-0.4, -0.2) is 53.4 Å². The molecule has 0 radical (unpaired) electrons. The number of hydrogen-bond acceptors (Lipinski definition) is 5. The lowest BCUT2D eigenvalue weighted by molar-refractivity contribution is -0.127.